The lowest BCUT2D eigenvalue weighted by Gasteiger charge is -2.17. The van der Waals surface area contributed by atoms with Crippen LogP contribution in [0.15, 0.2) is 122 Å². The third-order valence-corrected chi connectivity index (χ3v) is 7.40. The molecule has 1 aromatic heterocycles. The molecule has 4 nitrogen and oxygen atoms in total. The number of nitrogens with one attached hydrogen (secondary N) is 2. The molecule has 4 rings (SSSR count). The van der Waals surface area contributed by atoms with E-state index < -0.39 is 0 Å². The van der Waals surface area contributed by atoms with Gasteiger partial charge >= 0.3 is 0 Å². The van der Waals surface area contributed by atoms with Gasteiger partial charge in [0, 0.05) is 34.6 Å². The molecule has 0 amide bonds. The van der Waals surface area contributed by atoms with Crippen molar-refractivity contribution in [3.63, 3.8) is 0 Å². The summed E-state index contributed by atoms with van der Waals surface area (Å²) < 4.78 is 0. The molecule has 202 valence electrons. The number of rotatable bonds is 13. The first kappa shape index (κ1) is 30.0. The Morgan fingerprint density at radius 1 is 0.949 bits per heavy atom. The summed E-state index contributed by atoms with van der Waals surface area (Å²) in [7, 11) is 2.96. The topological polar surface area (TPSA) is 40.2 Å². The first-order chi connectivity index (χ1) is 19.0. The van der Waals surface area contributed by atoms with Crippen molar-refractivity contribution >= 4 is 36.4 Å². The van der Waals surface area contributed by atoms with E-state index in [1.54, 1.807) is 11.3 Å². The second-order valence-electron chi connectivity index (χ2n) is 9.12. The maximum Gasteiger partial charge on any atom is 0.187 e. The van der Waals surface area contributed by atoms with Gasteiger partial charge in [0.25, 0.3) is 0 Å². The van der Waals surface area contributed by atoms with Crippen LogP contribution in [0.3, 0.4) is 0 Å². The molecular formula is C33H39N4PS. The molecule has 0 aliphatic heterocycles. The van der Waals surface area contributed by atoms with Crippen LogP contribution in [0.4, 0.5) is 10.8 Å². The van der Waals surface area contributed by atoms with Gasteiger partial charge < -0.3 is 15.5 Å². The zero-order chi connectivity index (χ0) is 27.9. The number of anilines is 2. The fraction of sp³-hybridized carbons (Fsp3) is 0.182. The quantitative estimate of drug-likeness (QED) is 0.162. The lowest BCUT2D eigenvalue weighted by atomic mass is 10.1. The largest absolute Gasteiger partial charge is 0.356 e. The molecule has 1 unspecified atom stereocenters. The maximum atomic E-state index is 4.70. The summed E-state index contributed by atoms with van der Waals surface area (Å²) in [5.74, 6) is 1.98. The Morgan fingerprint density at radius 3 is 2.26 bits per heavy atom. The normalized spacial score (nSPS) is 10.6. The average Bonchev–Trinajstić information content (AvgIpc) is 3.42. The molecule has 0 fully saturated rings. The van der Waals surface area contributed by atoms with Crippen LogP contribution in [0.1, 0.15) is 24.5 Å². The zero-order valence-electron chi connectivity index (χ0n) is 23.0. The third-order valence-electron chi connectivity index (χ3n) is 5.75. The summed E-state index contributed by atoms with van der Waals surface area (Å²) in [5.41, 5.74) is 7.37. The molecule has 1 heterocycles. The van der Waals surface area contributed by atoms with Crippen molar-refractivity contribution in [1.29, 1.82) is 0 Å². The molecule has 0 spiro atoms. The molecule has 6 heteroatoms. The van der Waals surface area contributed by atoms with E-state index in [1.165, 1.54) is 5.56 Å². The van der Waals surface area contributed by atoms with Crippen molar-refractivity contribution in [2.24, 2.45) is 0 Å². The summed E-state index contributed by atoms with van der Waals surface area (Å²) in [5, 5.41) is 9.62. The number of thiazole rings is 1. The van der Waals surface area contributed by atoms with Crippen molar-refractivity contribution in [2.75, 3.05) is 30.8 Å². The summed E-state index contributed by atoms with van der Waals surface area (Å²) in [6.07, 6.45) is 2.28. The van der Waals surface area contributed by atoms with Crippen LogP contribution in [-0.2, 0) is 6.16 Å². The Bertz CT molecular complexity index is 1300. The lowest BCUT2D eigenvalue weighted by molar-refractivity contribution is 0.364. The highest BCUT2D eigenvalue weighted by Gasteiger charge is 2.07. The highest BCUT2D eigenvalue weighted by Crippen LogP contribution is 2.27. The van der Waals surface area contributed by atoms with Crippen LogP contribution in [0.25, 0.3) is 17.0 Å². The Hall–Kier alpha value is -3.50. The zero-order valence-corrected chi connectivity index (χ0v) is 24.8. The molecule has 0 bridgehead atoms. The van der Waals surface area contributed by atoms with Crippen LogP contribution >= 0.6 is 19.9 Å². The van der Waals surface area contributed by atoms with Crippen LogP contribution in [0.5, 0.6) is 0 Å². The first-order valence-corrected chi connectivity index (χ1v) is 15.2. The van der Waals surface area contributed by atoms with Crippen molar-refractivity contribution in [3.8, 4) is 11.3 Å². The van der Waals surface area contributed by atoms with Crippen molar-refractivity contribution in [3.05, 3.63) is 133 Å². The minimum absolute atomic E-state index is 0.814. The molecule has 0 radical (unpaired) electrons. The van der Waals surface area contributed by atoms with E-state index in [1.807, 2.05) is 42.2 Å². The Labute approximate surface area is 240 Å². The minimum Gasteiger partial charge on any atom is -0.356 e. The summed E-state index contributed by atoms with van der Waals surface area (Å²) in [6, 6.07) is 28.8. The first-order valence-electron chi connectivity index (χ1n) is 13.1. The number of benzene rings is 3. The molecule has 0 aliphatic rings. The SMILES string of the molecule is C=C(CN(C)CCC)Nc1nc(-c2ccc(NC(=C)c3ccccc3)cc2)cs1.C=CPCc1ccccc1. The van der Waals surface area contributed by atoms with E-state index in [2.05, 4.69) is 103 Å². The van der Waals surface area contributed by atoms with Crippen molar-refractivity contribution in [2.45, 2.75) is 19.5 Å². The molecular weight excluding hydrogens is 515 g/mol. The molecule has 0 aliphatic carbocycles. The molecule has 39 heavy (non-hydrogen) atoms. The number of hydrogen-bond donors (Lipinski definition) is 2. The fourth-order valence-electron chi connectivity index (χ4n) is 3.84. The van der Waals surface area contributed by atoms with Crippen molar-refractivity contribution in [1.82, 2.24) is 9.88 Å². The van der Waals surface area contributed by atoms with Gasteiger partial charge in [0.1, 0.15) is 0 Å². The third kappa shape index (κ3) is 10.6. The molecule has 4 aromatic rings. The Morgan fingerprint density at radius 2 is 1.62 bits per heavy atom. The van der Waals surface area contributed by atoms with Gasteiger partial charge in [-0.3, -0.25) is 0 Å². The fourth-order valence-corrected chi connectivity index (χ4v) is 5.22. The standard InChI is InChI=1S/C24H28N4S.C9H11P/c1-5-15-28(4)16-18(2)25-24-27-23(17-29-24)21-11-13-22(14-12-21)26-19(3)20-9-7-6-8-10-20;1-2-10-8-9-6-4-3-5-7-9/h6-14,17,26H,2-3,5,15-16H2,1,4H3,(H,25,27);2-7,10H,1,8H2. The van der Waals surface area contributed by atoms with Gasteiger partial charge in [-0.05, 0) is 49.4 Å². The molecule has 0 saturated carbocycles. The Balaban J connectivity index is 0.000000353. The summed E-state index contributed by atoms with van der Waals surface area (Å²) in [4.78, 5) is 6.95. The van der Waals surface area contributed by atoms with Gasteiger partial charge in [-0.2, -0.15) is 0 Å². The van der Waals surface area contributed by atoms with E-state index in [0.717, 1.165) is 73.3 Å². The van der Waals surface area contributed by atoms with Gasteiger partial charge in [-0.1, -0.05) is 114 Å². The average molecular weight is 555 g/mol. The van der Waals surface area contributed by atoms with E-state index >= 15 is 0 Å². The highest BCUT2D eigenvalue weighted by atomic mass is 32.1. The van der Waals surface area contributed by atoms with Crippen LogP contribution < -0.4 is 10.6 Å². The second kappa shape index (κ2) is 16.5. The van der Waals surface area contributed by atoms with Gasteiger partial charge in [0.05, 0.1) is 5.69 Å². The van der Waals surface area contributed by atoms with E-state index in [-0.39, 0.29) is 0 Å². The predicted molar refractivity (Wildman–Crippen MR) is 176 cm³/mol. The second-order valence-corrected chi connectivity index (χ2v) is 11.1. The summed E-state index contributed by atoms with van der Waals surface area (Å²) in [6.45, 7) is 16.0. The molecule has 2 N–H and O–H groups in total. The van der Waals surface area contributed by atoms with E-state index in [4.69, 9.17) is 4.98 Å². The van der Waals surface area contributed by atoms with Crippen molar-refractivity contribution < 1.29 is 0 Å². The van der Waals surface area contributed by atoms with Crippen LogP contribution in [0, 0.1) is 0 Å². The molecule has 0 saturated heterocycles. The number of nitrogens with zero attached hydrogens (tertiary/aromatic N) is 2. The minimum atomic E-state index is 0.814. The highest BCUT2D eigenvalue weighted by molar-refractivity contribution is 7.40. The van der Waals surface area contributed by atoms with Gasteiger partial charge in [-0.25, -0.2) is 4.98 Å². The molecule has 3 aromatic carbocycles. The number of hydrogen-bond acceptors (Lipinski definition) is 5. The van der Waals surface area contributed by atoms with Gasteiger partial charge in [0.15, 0.2) is 5.13 Å². The lowest BCUT2D eigenvalue weighted by Crippen LogP contribution is -2.23. The van der Waals surface area contributed by atoms with E-state index in [0.29, 0.717) is 0 Å². The maximum absolute atomic E-state index is 4.70. The van der Waals surface area contributed by atoms with E-state index in [9.17, 15) is 0 Å². The monoisotopic (exact) mass is 554 g/mol. The van der Waals surface area contributed by atoms with Gasteiger partial charge in [-0.15, -0.1) is 11.3 Å². The predicted octanol–water partition coefficient (Wildman–Crippen LogP) is 9.17. The Kier molecular flexibility index (Phi) is 12.7. The van der Waals surface area contributed by atoms with Crippen LogP contribution in [0.2, 0.25) is 0 Å². The smallest absolute Gasteiger partial charge is 0.187 e. The van der Waals surface area contributed by atoms with Crippen LogP contribution in [-0.4, -0.2) is 30.0 Å². The summed E-state index contributed by atoms with van der Waals surface area (Å²) >= 11 is 1.59. The molecule has 1 atom stereocenters. The number of aromatic nitrogens is 1. The number of likely N-dealkylation sites (N-methyl/N-ethyl adjacent to an activating group) is 1. The van der Waals surface area contributed by atoms with Gasteiger partial charge in [0.2, 0.25) is 0 Å².